The fourth-order valence-electron chi connectivity index (χ4n) is 2.82. The van der Waals surface area contributed by atoms with Gasteiger partial charge in [0, 0.05) is 6.04 Å². The molecule has 0 radical (unpaired) electrons. The van der Waals surface area contributed by atoms with Crippen LogP contribution in [-0.4, -0.2) is 12.6 Å². The van der Waals surface area contributed by atoms with Crippen molar-refractivity contribution in [2.75, 3.05) is 6.54 Å². The van der Waals surface area contributed by atoms with Crippen LogP contribution in [0.2, 0.25) is 0 Å². The molecule has 1 nitrogen and oxygen atoms in total. The molecule has 1 aliphatic rings. The Hall–Kier alpha value is -0.820. The number of nitrogens with one attached hydrogen (secondary N) is 1. The SMILES string of the molecule is CC(C)Cc1ccc(CCC(C)(C)CCNC2CC2)cc1. The van der Waals surface area contributed by atoms with E-state index in [1.165, 1.54) is 56.2 Å². The molecule has 0 amide bonds. The van der Waals surface area contributed by atoms with Gasteiger partial charge in [0.2, 0.25) is 0 Å². The molecule has 1 saturated carbocycles. The second-order valence-corrected chi connectivity index (χ2v) is 8.06. The van der Waals surface area contributed by atoms with Crippen molar-refractivity contribution in [2.24, 2.45) is 11.3 Å². The van der Waals surface area contributed by atoms with E-state index in [-0.39, 0.29) is 0 Å². The highest BCUT2D eigenvalue weighted by Gasteiger charge is 2.22. The van der Waals surface area contributed by atoms with Gasteiger partial charge in [-0.25, -0.2) is 0 Å². The zero-order valence-corrected chi connectivity index (χ0v) is 14.4. The molecule has 0 saturated heterocycles. The van der Waals surface area contributed by atoms with Gasteiger partial charge in [-0.2, -0.15) is 0 Å². The molecule has 0 heterocycles. The predicted octanol–water partition coefficient (Wildman–Crippen LogP) is 4.99. The van der Waals surface area contributed by atoms with Gasteiger partial charge in [0.05, 0.1) is 0 Å². The molecule has 1 fully saturated rings. The van der Waals surface area contributed by atoms with Gasteiger partial charge >= 0.3 is 0 Å². The lowest BCUT2D eigenvalue weighted by Gasteiger charge is -2.25. The highest BCUT2D eigenvalue weighted by Crippen LogP contribution is 2.27. The van der Waals surface area contributed by atoms with Crippen LogP contribution in [0.15, 0.2) is 24.3 Å². The van der Waals surface area contributed by atoms with E-state index in [1.54, 1.807) is 0 Å². The second kappa shape index (κ2) is 7.45. The van der Waals surface area contributed by atoms with E-state index in [4.69, 9.17) is 0 Å². The summed E-state index contributed by atoms with van der Waals surface area (Å²) in [5.74, 6) is 0.744. The Morgan fingerprint density at radius 2 is 1.67 bits per heavy atom. The van der Waals surface area contributed by atoms with Crippen molar-refractivity contribution in [3.63, 3.8) is 0 Å². The van der Waals surface area contributed by atoms with Gasteiger partial charge < -0.3 is 5.32 Å². The van der Waals surface area contributed by atoms with Crippen LogP contribution in [0.25, 0.3) is 0 Å². The van der Waals surface area contributed by atoms with Crippen LogP contribution < -0.4 is 5.32 Å². The zero-order chi connectivity index (χ0) is 15.3. The molecule has 0 unspecified atom stereocenters. The average molecular weight is 287 g/mol. The largest absolute Gasteiger partial charge is 0.314 e. The summed E-state index contributed by atoms with van der Waals surface area (Å²) in [6.07, 6.45) is 7.75. The van der Waals surface area contributed by atoms with Gasteiger partial charge in [-0.1, -0.05) is 52.0 Å². The van der Waals surface area contributed by atoms with Crippen molar-refractivity contribution in [1.82, 2.24) is 5.32 Å². The predicted molar refractivity (Wildman–Crippen MR) is 92.7 cm³/mol. The average Bonchev–Trinajstić information content (AvgIpc) is 3.21. The molecular formula is C20H33N. The Balaban J connectivity index is 1.72. The van der Waals surface area contributed by atoms with E-state index >= 15 is 0 Å². The first-order valence-corrected chi connectivity index (χ1v) is 8.76. The third-order valence-electron chi connectivity index (χ3n) is 4.57. The Kier molecular flexibility index (Phi) is 5.87. The monoisotopic (exact) mass is 287 g/mol. The van der Waals surface area contributed by atoms with Crippen LogP contribution in [0, 0.1) is 11.3 Å². The Bertz CT molecular complexity index is 412. The Morgan fingerprint density at radius 1 is 1.05 bits per heavy atom. The number of hydrogen-bond acceptors (Lipinski definition) is 1. The molecule has 1 aromatic carbocycles. The van der Waals surface area contributed by atoms with E-state index in [0.717, 1.165) is 12.0 Å². The summed E-state index contributed by atoms with van der Waals surface area (Å²) in [5.41, 5.74) is 3.41. The summed E-state index contributed by atoms with van der Waals surface area (Å²) in [5, 5.41) is 3.64. The molecule has 21 heavy (non-hydrogen) atoms. The standard InChI is InChI=1S/C20H33N/c1-16(2)15-18-7-5-17(6-8-18)11-12-20(3,4)13-14-21-19-9-10-19/h5-8,16,19,21H,9-15H2,1-4H3. The topological polar surface area (TPSA) is 12.0 Å². The number of benzene rings is 1. The molecule has 0 aliphatic heterocycles. The Morgan fingerprint density at radius 3 is 2.24 bits per heavy atom. The summed E-state index contributed by atoms with van der Waals surface area (Å²) >= 11 is 0. The lowest BCUT2D eigenvalue weighted by Crippen LogP contribution is -2.24. The minimum absolute atomic E-state index is 0.443. The van der Waals surface area contributed by atoms with Crippen molar-refractivity contribution in [3.8, 4) is 0 Å². The van der Waals surface area contributed by atoms with Gasteiger partial charge in [-0.15, -0.1) is 0 Å². The quantitative estimate of drug-likeness (QED) is 0.675. The first-order chi connectivity index (χ1) is 9.94. The molecular weight excluding hydrogens is 254 g/mol. The van der Waals surface area contributed by atoms with Crippen molar-refractivity contribution < 1.29 is 0 Å². The normalized spacial score (nSPS) is 15.7. The molecule has 0 aromatic heterocycles. The van der Waals surface area contributed by atoms with Gasteiger partial charge in [0.1, 0.15) is 0 Å². The third-order valence-corrected chi connectivity index (χ3v) is 4.57. The lowest BCUT2D eigenvalue weighted by molar-refractivity contribution is 0.302. The molecule has 2 rings (SSSR count). The van der Waals surface area contributed by atoms with E-state index in [2.05, 4.69) is 57.3 Å². The van der Waals surface area contributed by atoms with Crippen LogP contribution in [0.5, 0.6) is 0 Å². The van der Waals surface area contributed by atoms with Gasteiger partial charge in [-0.05, 0) is 67.5 Å². The second-order valence-electron chi connectivity index (χ2n) is 8.06. The Labute approximate surface area is 131 Å². The first-order valence-electron chi connectivity index (χ1n) is 8.76. The third kappa shape index (κ3) is 6.65. The van der Waals surface area contributed by atoms with Gasteiger partial charge in [-0.3, -0.25) is 0 Å². The first kappa shape index (κ1) is 16.5. The molecule has 1 heteroatoms. The number of aryl methyl sites for hydroxylation is 1. The van der Waals surface area contributed by atoms with Crippen LogP contribution in [0.4, 0.5) is 0 Å². The molecule has 1 aliphatic carbocycles. The van der Waals surface area contributed by atoms with E-state index in [1.807, 2.05) is 0 Å². The molecule has 1 aromatic rings. The number of rotatable bonds is 9. The van der Waals surface area contributed by atoms with Crippen LogP contribution in [0.1, 0.15) is 64.5 Å². The molecule has 0 atom stereocenters. The minimum atomic E-state index is 0.443. The minimum Gasteiger partial charge on any atom is -0.314 e. The van der Waals surface area contributed by atoms with E-state index in [9.17, 15) is 0 Å². The number of hydrogen-bond donors (Lipinski definition) is 1. The van der Waals surface area contributed by atoms with Crippen LogP contribution in [0.3, 0.4) is 0 Å². The molecule has 0 bridgehead atoms. The summed E-state index contributed by atoms with van der Waals surface area (Å²) in [6.45, 7) is 10.6. The summed E-state index contributed by atoms with van der Waals surface area (Å²) in [6, 6.07) is 10.1. The van der Waals surface area contributed by atoms with Gasteiger partial charge in [0.15, 0.2) is 0 Å². The van der Waals surface area contributed by atoms with E-state index < -0.39 is 0 Å². The van der Waals surface area contributed by atoms with Crippen LogP contribution in [-0.2, 0) is 12.8 Å². The molecule has 118 valence electrons. The molecule has 1 N–H and O–H groups in total. The fourth-order valence-corrected chi connectivity index (χ4v) is 2.82. The maximum absolute atomic E-state index is 3.64. The van der Waals surface area contributed by atoms with E-state index in [0.29, 0.717) is 5.41 Å². The smallest absolute Gasteiger partial charge is 0.00682 e. The summed E-state index contributed by atoms with van der Waals surface area (Å²) < 4.78 is 0. The fraction of sp³-hybridized carbons (Fsp3) is 0.700. The highest BCUT2D eigenvalue weighted by molar-refractivity contribution is 5.23. The maximum Gasteiger partial charge on any atom is 0.00682 e. The van der Waals surface area contributed by atoms with Crippen molar-refractivity contribution in [1.29, 1.82) is 0 Å². The van der Waals surface area contributed by atoms with Crippen molar-refractivity contribution >= 4 is 0 Å². The van der Waals surface area contributed by atoms with Crippen molar-refractivity contribution in [2.45, 2.75) is 72.3 Å². The van der Waals surface area contributed by atoms with Gasteiger partial charge in [0.25, 0.3) is 0 Å². The summed E-state index contributed by atoms with van der Waals surface area (Å²) in [4.78, 5) is 0. The van der Waals surface area contributed by atoms with Crippen molar-refractivity contribution in [3.05, 3.63) is 35.4 Å². The molecule has 0 spiro atoms. The highest BCUT2D eigenvalue weighted by atomic mass is 14.9. The zero-order valence-electron chi connectivity index (χ0n) is 14.4. The summed E-state index contributed by atoms with van der Waals surface area (Å²) in [7, 11) is 0. The van der Waals surface area contributed by atoms with Crippen LogP contribution >= 0.6 is 0 Å². The lowest BCUT2D eigenvalue weighted by atomic mass is 9.83. The maximum atomic E-state index is 3.64.